The van der Waals surface area contributed by atoms with Gasteiger partial charge in [-0.25, -0.2) is 19.4 Å². The molecule has 2 unspecified atom stereocenters. The summed E-state index contributed by atoms with van der Waals surface area (Å²) in [4.78, 5) is 15.6. The first-order valence-electron chi connectivity index (χ1n) is 7.03. The number of aromatic nitrogens is 2. The molecule has 2 aromatic heterocycles. The molecule has 2 N–H and O–H groups in total. The topological polar surface area (TPSA) is 67.4 Å². The zero-order chi connectivity index (χ0) is 16.0. The first-order chi connectivity index (χ1) is 11.1. The van der Waals surface area contributed by atoms with Gasteiger partial charge in [0.1, 0.15) is 5.54 Å². The number of thiophene rings is 1. The zero-order valence-electron chi connectivity index (χ0n) is 12.4. The highest BCUT2D eigenvalue weighted by Gasteiger charge is 2.51. The van der Waals surface area contributed by atoms with Crippen LogP contribution in [0.3, 0.4) is 0 Å². The van der Waals surface area contributed by atoms with Gasteiger partial charge in [0, 0.05) is 23.1 Å². The van der Waals surface area contributed by atoms with Crippen LogP contribution in [0.1, 0.15) is 4.88 Å². The largest absolute Gasteiger partial charge is 0.379 e. The summed E-state index contributed by atoms with van der Waals surface area (Å²) in [6, 6.07) is 3.23. The molecule has 10 heteroatoms. The predicted molar refractivity (Wildman–Crippen MR) is 95.0 cm³/mol. The monoisotopic (exact) mass is 389 g/mol. The van der Waals surface area contributed by atoms with Crippen molar-refractivity contribution in [3.63, 3.8) is 0 Å². The lowest BCUT2D eigenvalue weighted by atomic mass is 9.87. The lowest BCUT2D eigenvalue weighted by Crippen LogP contribution is -2.39. The summed E-state index contributed by atoms with van der Waals surface area (Å²) in [5, 5.41) is 0.272. The molecule has 1 fully saturated rings. The molecule has 0 saturated carbocycles. The maximum absolute atomic E-state index is 13.6. The average molecular weight is 390 g/mol. The zero-order valence-corrected chi connectivity index (χ0v) is 14.8. The summed E-state index contributed by atoms with van der Waals surface area (Å²) in [6.45, 7) is 1.18. The fourth-order valence-corrected chi connectivity index (χ4v) is 5.05. The van der Waals surface area contributed by atoms with Gasteiger partial charge in [0.2, 0.25) is 5.95 Å². The number of hydrogen-bond acceptors (Lipinski definition) is 7. The van der Waals surface area contributed by atoms with E-state index in [9.17, 15) is 8.78 Å². The highest BCUT2D eigenvalue weighted by molar-refractivity contribution is 8.13. The molecular formula is C14H14ClF2N5S2. The minimum atomic E-state index is -0.581. The Kier molecular flexibility index (Phi) is 4.67. The quantitative estimate of drug-likeness (QED) is 0.855. The second-order valence-corrected chi connectivity index (χ2v) is 7.64. The van der Waals surface area contributed by atoms with Crippen molar-refractivity contribution >= 4 is 46.6 Å². The number of halogens is 3. The summed E-state index contributed by atoms with van der Waals surface area (Å²) >= 11 is 2.60. The molecular weight excluding hydrogens is 376 g/mol. The Labute approximate surface area is 151 Å². The number of aliphatic imine (C=N–C) groups is 1. The SMILES string of the molecule is Cl.NC1=NC2(c3ccc(F)s3)CN(c3ncc(F)cn3)CC2CS1. The summed E-state index contributed by atoms with van der Waals surface area (Å²) < 4.78 is 26.6. The first-order valence-corrected chi connectivity index (χ1v) is 8.83. The number of anilines is 1. The van der Waals surface area contributed by atoms with Crippen molar-refractivity contribution in [3.8, 4) is 0 Å². The fourth-order valence-electron chi connectivity index (χ4n) is 3.14. The molecule has 2 aliphatic heterocycles. The Morgan fingerprint density at radius 3 is 2.67 bits per heavy atom. The minimum absolute atomic E-state index is 0. The van der Waals surface area contributed by atoms with E-state index in [2.05, 4.69) is 15.0 Å². The van der Waals surface area contributed by atoms with E-state index in [1.165, 1.54) is 17.8 Å². The maximum Gasteiger partial charge on any atom is 0.225 e. The fraction of sp³-hybridized carbons (Fsp3) is 0.357. The highest BCUT2D eigenvalue weighted by Crippen LogP contribution is 2.47. The third-order valence-corrected chi connectivity index (χ3v) is 6.18. The third-order valence-electron chi connectivity index (χ3n) is 4.18. The molecule has 0 bridgehead atoms. The Bertz CT molecular complexity index is 769. The van der Waals surface area contributed by atoms with Crippen molar-refractivity contribution in [2.24, 2.45) is 16.6 Å². The summed E-state index contributed by atoms with van der Waals surface area (Å²) in [5.74, 6) is 0.952. The van der Waals surface area contributed by atoms with E-state index in [1.807, 2.05) is 4.90 Å². The molecule has 128 valence electrons. The standard InChI is InChI=1S/C14H13F2N5S2.ClH/c15-9-3-18-13(19-4-9)21-5-8-6-22-12(17)20-14(8,7-21)10-1-2-11(16)23-10;/h1-4,8H,5-7H2,(H2,17,20);1H. The number of amidine groups is 1. The minimum Gasteiger partial charge on any atom is -0.379 e. The Morgan fingerprint density at radius 1 is 1.25 bits per heavy atom. The van der Waals surface area contributed by atoms with E-state index in [0.29, 0.717) is 24.2 Å². The Morgan fingerprint density at radius 2 is 2.00 bits per heavy atom. The first kappa shape index (κ1) is 17.4. The van der Waals surface area contributed by atoms with E-state index in [-0.39, 0.29) is 23.5 Å². The van der Waals surface area contributed by atoms with Gasteiger partial charge in [-0.3, -0.25) is 0 Å². The molecule has 0 spiro atoms. The normalized spacial score (nSPS) is 25.8. The van der Waals surface area contributed by atoms with Crippen LogP contribution in [0.2, 0.25) is 0 Å². The van der Waals surface area contributed by atoms with Gasteiger partial charge in [-0.05, 0) is 12.1 Å². The van der Waals surface area contributed by atoms with Gasteiger partial charge in [0.05, 0.1) is 18.9 Å². The van der Waals surface area contributed by atoms with Crippen molar-refractivity contribution in [3.05, 3.63) is 40.4 Å². The Hall–Kier alpha value is -1.45. The van der Waals surface area contributed by atoms with Crippen LogP contribution >= 0.6 is 35.5 Å². The van der Waals surface area contributed by atoms with Crippen LogP contribution in [-0.4, -0.2) is 34.0 Å². The number of nitrogens with zero attached hydrogens (tertiary/aromatic N) is 4. The number of nitrogens with two attached hydrogens (primary N) is 1. The van der Waals surface area contributed by atoms with Gasteiger partial charge in [0.15, 0.2) is 16.1 Å². The molecule has 4 heterocycles. The molecule has 2 atom stereocenters. The van der Waals surface area contributed by atoms with E-state index in [0.717, 1.165) is 34.4 Å². The number of rotatable bonds is 2. The van der Waals surface area contributed by atoms with Crippen LogP contribution in [0.5, 0.6) is 0 Å². The molecule has 2 aromatic rings. The number of hydrogen-bond donors (Lipinski definition) is 1. The van der Waals surface area contributed by atoms with E-state index in [1.54, 1.807) is 6.07 Å². The van der Waals surface area contributed by atoms with Gasteiger partial charge in [0.25, 0.3) is 0 Å². The smallest absolute Gasteiger partial charge is 0.225 e. The van der Waals surface area contributed by atoms with Gasteiger partial charge < -0.3 is 10.6 Å². The third kappa shape index (κ3) is 2.84. The van der Waals surface area contributed by atoms with Gasteiger partial charge in [-0.1, -0.05) is 11.8 Å². The molecule has 0 aromatic carbocycles. The molecule has 24 heavy (non-hydrogen) atoms. The molecule has 0 aliphatic carbocycles. The van der Waals surface area contributed by atoms with Gasteiger partial charge >= 0.3 is 0 Å². The Balaban J connectivity index is 0.00000169. The van der Waals surface area contributed by atoms with Crippen molar-refractivity contribution in [1.29, 1.82) is 0 Å². The average Bonchev–Trinajstić information content (AvgIpc) is 3.12. The van der Waals surface area contributed by atoms with Crippen LogP contribution in [0.15, 0.2) is 29.5 Å². The number of fused-ring (bicyclic) bond motifs is 1. The summed E-state index contributed by atoms with van der Waals surface area (Å²) in [5.41, 5.74) is 5.37. The molecule has 4 rings (SSSR count). The van der Waals surface area contributed by atoms with Crippen molar-refractivity contribution in [2.45, 2.75) is 5.54 Å². The van der Waals surface area contributed by atoms with Crippen LogP contribution in [-0.2, 0) is 5.54 Å². The highest BCUT2D eigenvalue weighted by atomic mass is 35.5. The second-order valence-electron chi connectivity index (χ2n) is 5.57. The van der Waals surface area contributed by atoms with Crippen LogP contribution in [0.4, 0.5) is 14.7 Å². The van der Waals surface area contributed by atoms with Crippen LogP contribution < -0.4 is 10.6 Å². The van der Waals surface area contributed by atoms with Crippen molar-refractivity contribution < 1.29 is 8.78 Å². The lowest BCUT2D eigenvalue weighted by molar-refractivity contribution is 0.395. The molecule has 1 saturated heterocycles. The molecule has 2 aliphatic rings. The molecule has 0 amide bonds. The van der Waals surface area contributed by atoms with Crippen LogP contribution in [0.25, 0.3) is 0 Å². The van der Waals surface area contributed by atoms with Crippen LogP contribution in [0, 0.1) is 16.9 Å². The van der Waals surface area contributed by atoms with Gasteiger partial charge in [-0.15, -0.1) is 23.7 Å². The molecule has 0 radical (unpaired) electrons. The summed E-state index contributed by atoms with van der Waals surface area (Å²) in [7, 11) is 0. The second kappa shape index (κ2) is 6.45. The van der Waals surface area contributed by atoms with Crippen molar-refractivity contribution in [2.75, 3.05) is 23.7 Å². The lowest BCUT2D eigenvalue weighted by Gasteiger charge is -2.33. The summed E-state index contributed by atoms with van der Waals surface area (Å²) in [6.07, 6.45) is 2.29. The van der Waals surface area contributed by atoms with E-state index in [4.69, 9.17) is 5.73 Å². The van der Waals surface area contributed by atoms with Gasteiger partial charge in [-0.2, -0.15) is 4.39 Å². The van der Waals surface area contributed by atoms with E-state index < -0.39 is 11.4 Å². The predicted octanol–water partition coefficient (Wildman–Crippen LogP) is 2.63. The van der Waals surface area contributed by atoms with E-state index >= 15 is 0 Å². The number of thioether (sulfide) groups is 1. The maximum atomic E-state index is 13.6. The van der Waals surface area contributed by atoms with Crippen molar-refractivity contribution in [1.82, 2.24) is 9.97 Å². The molecule has 5 nitrogen and oxygen atoms in total.